The molecule has 4 aromatic carbocycles. The molecular weight excluding hydrogens is 601 g/mol. The Morgan fingerprint density at radius 2 is 1.50 bits per heavy atom. The number of carboxylic acid groups (broad SMARTS) is 1. The first-order chi connectivity index (χ1) is 20.2. The Balaban J connectivity index is 1.25. The predicted molar refractivity (Wildman–Crippen MR) is 162 cm³/mol. The fourth-order valence-corrected chi connectivity index (χ4v) is 5.65. The minimum absolute atomic E-state index is 0.00402. The molecule has 0 bridgehead atoms. The number of ether oxygens (including phenoxy) is 3. The van der Waals surface area contributed by atoms with Gasteiger partial charge in [0.2, 0.25) is 0 Å². The molecule has 0 spiro atoms. The van der Waals surface area contributed by atoms with E-state index in [1.165, 1.54) is 19.2 Å². The number of fused-ring (bicyclic) bond motifs is 3. The van der Waals surface area contributed by atoms with Crippen molar-refractivity contribution in [2.75, 3.05) is 13.7 Å². The highest BCUT2D eigenvalue weighted by molar-refractivity contribution is 6.43. The van der Waals surface area contributed by atoms with E-state index < -0.39 is 18.1 Å². The van der Waals surface area contributed by atoms with E-state index in [0.29, 0.717) is 32.7 Å². The SMILES string of the molecule is COc1ccc(CC(NC(=O)OCC2c3ccccc3-c3ccccc32)C(=O)O)cc1COc1cc(Cl)c(Cl)cc1Cl. The maximum Gasteiger partial charge on any atom is 0.407 e. The third kappa shape index (κ3) is 6.44. The highest BCUT2D eigenvalue weighted by Gasteiger charge is 2.30. The average Bonchev–Trinajstić information content (AvgIpc) is 3.30. The third-order valence-electron chi connectivity index (χ3n) is 7.08. The van der Waals surface area contributed by atoms with Gasteiger partial charge in [0.1, 0.15) is 30.8 Å². The van der Waals surface area contributed by atoms with Crippen molar-refractivity contribution in [3.8, 4) is 22.6 Å². The smallest absolute Gasteiger partial charge is 0.407 e. The minimum atomic E-state index is -1.23. The average molecular weight is 627 g/mol. The van der Waals surface area contributed by atoms with Crippen molar-refractivity contribution >= 4 is 46.9 Å². The highest BCUT2D eigenvalue weighted by Crippen LogP contribution is 2.44. The number of amides is 1. The van der Waals surface area contributed by atoms with Crippen molar-refractivity contribution in [3.63, 3.8) is 0 Å². The fraction of sp³-hybridized carbons (Fsp3) is 0.188. The quantitative estimate of drug-likeness (QED) is 0.175. The summed E-state index contributed by atoms with van der Waals surface area (Å²) in [4.78, 5) is 24.9. The number of hydrogen-bond donors (Lipinski definition) is 2. The van der Waals surface area contributed by atoms with Crippen molar-refractivity contribution in [2.45, 2.75) is 25.0 Å². The van der Waals surface area contributed by atoms with Gasteiger partial charge < -0.3 is 24.6 Å². The summed E-state index contributed by atoms with van der Waals surface area (Å²) in [5.41, 5.74) is 5.62. The Morgan fingerprint density at radius 1 is 0.857 bits per heavy atom. The van der Waals surface area contributed by atoms with E-state index in [9.17, 15) is 14.7 Å². The van der Waals surface area contributed by atoms with E-state index in [1.807, 2.05) is 48.5 Å². The molecule has 0 aliphatic heterocycles. The summed E-state index contributed by atoms with van der Waals surface area (Å²) in [7, 11) is 1.52. The van der Waals surface area contributed by atoms with Gasteiger partial charge in [-0.2, -0.15) is 0 Å². The maximum atomic E-state index is 12.8. The van der Waals surface area contributed by atoms with Crippen LogP contribution in [-0.4, -0.2) is 36.9 Å². The van der Waals surface area contributed by atoms with Crippen LogP contribution in [0.5, 0.6) is 11.5 Å². The molecular formula is C32H26Cl3NO6. The summed E-state index contributed by atoms with van der Waals surface area (Å²) in [6.07, 6.45) is -0.806. The van der Waals surface area contributed by atoms with Crippen molar-refractivity contribution in [3.05, 3.63) is 116 Å². The predicted octanol–water partition coefficient (Wildman–Crippen LogP) is 7.77. The van der Waals surface area contributed by atoms with E-state index in [4.69, 9.17) is 49.0 Å². The molecule has 0 aromatic heterocycles. The second kappa shape index (κ2) is 12.9. The van der Waals surface area contributed by atoms with Crippen LogP contribution in [0.15, 0.2) is 78.9 Å². The zero-order chi connectivity index (χ0) is 29.8. The highest BCUT2D eigenvalue weighted by atomic mass is 35.5. The summed E-state index contributed by atoms with van der Waals surface area (Å²) < 4.78 is 16.8. The number of methoxy groups -OCH3 is 1. The normalized spacial score (nSPS) is 12.7. The van der Waals surface area contributed by atoms with Gasteiger partial charge in [-0.15, -0.1) is 0 Å². The van der Waals surface area contributed by atoms with Gasteiger partial charge in [0.25, 0.3) is 0 Å². The molecule has 2 N–H and O–H groups in total. The van der Waals surface area contributed by atoms with Crippen molar-refractivity contribution in [2.24, 2.45) is 0 Å². The lowest BCUT2D eigenvalue weighted by Crippen LogP contribution is -2.42. The second-order valence-corrected chi connectivity index (χ2v) is 10.9. The number of rotatable bonds is 10. The number of nitrogens with one attached hydrogen (secondary N) is 1. The lowest BCUT2D eigenvalue weighted by Gasteiger charge is -2.18. The van der Waals surface area contributed by atoms with Gasteiger partial charge >= 0.3 is 12.1 Å². The van der Waals surface area contributed by atoms with Crippen LogP contribution in [0.25, 0.3) is 11.1 Å². The van der Waals surface area contributed by atoms with E-state index in [-0.39, 0.29) is 30.6 Å². The number of hydrogen-bond acceptors (Lipinski definition) is 5. The van der Waals surface area contributed by atoms with E-state index in [0.717, 1.165) is 22.3 Å². The van der Waals surface area contributed by atoms with Crippen LogP contribution in [0.1, 0.15) is 28.2 Å². The Bertz CT molecular complexity index is 1600. The zero-order valence-electron chi connectivity index (χ0n) is 22.4. The Labute approximate surface area is 257 Å². The molecule has 0 fully saturated rings. The Morgan fingerprint density at radius 3 is 2.14 bits per heavy atom. The van der Waals surface area contributed by atoms with E-state index in [1.54, 1.807) is 18.2 Å². The molecule has 0 saturated carbocycles. The van der Waals surface area contributed by atoms with Crippen molar-refractivity contribution < 1.29 is 28.9 Å². The molecule has 1 amide bonds. The first-order valence-corrected chi connectivity index (χ1v) is 14.2. The maximum absolute atomic E-state index is 12.8. The monoisotopic (exact) mass is 625 g/mol. The second-order valence-electron chi connectivity index (χ2n) is 9.70. The number of halogens is 3. The molecule has 4 aromatic rings. The molecule has 1 aliphatic rings. The van der Waals surface area contributed by atoms with Gasteiger partial charge in [-0.05, 0) is 46.0 Å². The van der Waals surface area contributed by atoms with Crippen LogP contribution in [0, 0.1) is 0 Å². The van der Waals surface area contributed by atoms with Gasteiger partial charge in [-0.1, -0.05) is 89.4 Å². The van der Waals surface area contributed by atoms with Crippen LogP contribution < -0.4 is 14.8 Å². The molecule has 0 saturated heterocycles. The fourth-order valence-electron chi connectivity index (χ4n) is 5.06. The minimum Gasteiger partial charge on any atom is -0.496 e. The van der Waals surface area contributed by atoms with Gasteiger partial charge in [0.05, 0.1) is 22.2 Å². The molecule has 0 radical (unpaired) electrons. The van der Waals surface area contributed by atoms with Crippen LogP contribution in [0.4, 0.5) is 4.79 Å². The molecule has 1 atom stereocenters. The number of alkyl carbamates (subject to hydrolysis) is 1. The summed E-state index contributed by atoms with van der Waals surface area (Å²) in [5, 5.41) is 13.2. The first-order valence-electron chi connectivity index (χ1n) is 13.0. The van der Waals surface area contributed by atoms with E-state index in [2.05, 4.69) is 5.32 Å². The van der Waals surface area contributed by atoms with Gasteiger partial charge in [0.15, 0.2) is 0 Å². The molecule has 216 valence electrons. The zero-order valence-corrected chi connectivity index (χ0v) is 24.7. The lowest BCUT2D eigenvalue weighted by atomic mass is 9.98. The van der Waals surface area contributed by atoms with Crippen LogP contribution in [0.3, 0.4) is 0 Å². The van der Waals surface area contributed by atoms with Crippen molar-refractivity contribution in [1.82, 2.24) is 5.32 Å². The number of carboxylic acids is 1. The number of carbonyl (C=O) groups excluding carboxylic acids is 1. The first kappa shape index (κ1) is 29.6. The topological polar surface area (TPSA) is 94.1 Å². The van der Waals surface area contributed by atoms with Crippen molar-refractivity contribution in [1.29, 1.82) is 0 Å². The number of benzene rings is 4. The van der Waals surface area contributed by atoms with E-state index >= 15 is 0 Å². The standard InChI is InChI=1S/C32H26Cl3NO6/c1-40-29-11-10-18(12-19(29)16-41-30-15-26(34)25(33)14-27(30)35)13-28(31(37)38)36-32(39)42-17-24-22-8-4-2-6-20(22)21-7-3-5-9-23(21)24/h2-12,14-15,24,28H,13,16-17H2,1H3,(H,36,39)(H,37,38). The largest absolute Gasteiger partial charge is 0.496 e. The summed E-state index contributed by atoms with van der Waals surface area (Å²) in [6.45, 7) is 0.139. The number of aliphatic carboxylic acids is 1. The Kier molecular flexibility index (Phi) is 9.12. The Hall–Kier alpha value is -3.91. The summed E-state index contributed by atoms with van der Waals surface area (Å²) in [6, 6.07) is 22.9. The number of carbonyl (C=O) groups is 2. The third-order valence-corrected chi connectivity index (χ3v) is 8.09. The van der Waals surface area contributed by atoms with Crippen LogP contribution in [0.2, 0.25) is 15.1 Å². The molecule has 0 heterocycles. The summed E-state index contributed by atoms with van der Waals surface area (Å²) in [5.74, 6) is -0.468. The molecule has 1 aliphatic carbocycles. The molecule has 5 rings (SSSR count). The molecule has 1 unspecified atom stereocenters. The van der Waals surface area contributed by atoms with Crippen LogP contribution >= 0.6 is 34.8 Å². The molecule has 7 nitrogen and oxygen atoms in total. The molecule has 42 heavy (non-hydrogen) atoms. The van der Waals surface area contributed by atoms with Gasteiger partial charge in [-0.25, -0.2) is 9.59 Å². The van der Waals surface area contributed by atoms with Crippen LogP contribution in [-0.2, 0) is 22.6 Å². The van der Waals surface area contributed by atoms with Gasteiger partial charge in [0, 0.05) is 24.0 Å². The summed E-state index contributed by atoms with van der Waals surface area (Å²) >= 11 is 18.3. The van der Waals surface area contributed by atoms with Gasteiger partial charge in [-0.3, -0.25) is 0 Å². The lowest BCUT2D eigenvalue weighted by molar-refractivity contribution is -0.139. The molecule has 10 heteroatoms.